The lowest BCUT2D eigenvalue weighted by molar-refractivity contribution is -0.138. The maximum Gasteiger partial charge on any atom is 0.423 e. The summed E-state index contributed by atoms with van der Waals surface area (Å²) in [5, 5.41) is 7.33. The molecule has 1 N–H and O–H groups in total. The van der Waals surface area contributed by atoms with Gasteiger partial charge >= 0.3 is 6.18 Å². The molecule has 0 aliphatic heterocycles. The summed E-state index contributed by atoms with van der Waals surface area (Å²) in [6.45, 7) is 6.59. The summed E-state index contributed by atoms with van der Waals surface area (Å²) in [6.07, 6.45) is -0.942. The molecule has 258 valence electrons. The third-order valence-electron chi connectivity index (χ3n) is 8.36. The molecule has 1 fully saturated rings. The van der Waals surface area contributed by atoms with Gasteiger partial charge in [-0.2, -0.15) is 18.3 Å². The van der Waals surface area contributed by atoms with Crippen LogP contribution in [0.1, 0.15) is 43.2 Å². The van der Waals surface area contributed by atoms with E-state index >= 15 is 4.39 Å². The zero-order valence-electron chi connectivity index (χ0n) is 26.7. The van der Waals surface area contributed by atoms with Crippen LogP contribution < -0.4 is 16.4 Å². The van der Waals surface area contributed by atoms with Crippen molar-refractivity contribution in [3.8, 4) is 11.4 Å². The van der Waals surface area contributed by atoms with Gasteiger partial charge in [0.25, 0.3) is 17.5 Å². The lowest BCUT2D eigenvalue weighted by Crippen LogP contribution is -2.36. The van der Waals surface area contributed by atoms with E-state index in [0.717, 1.165) is 30.7 Å². The van der Waals surface area contributed by atoms with Crippen LogP contribution in [-0.2, 0) is 24.2 Å². The molecule has 1 aromatic carbocycles. The number of ether oxygens (including phenoxy) is 1. The van der Waals surface area contributed by atoms with Crippen molar-refractivity contribution in [3.63, 3.8) is 0 Å². The van der Waals surface area contributed by atoms with Crippen LogP contribution in [0.4, 0.5) is 32.0 Å². The number of halogens is 6. The number of hydrogen-bond acceptors (Lipinski definition) is 7. The monoisotopic (exact) mass is 694 g/mol. The molecule has 1 saturated carbocycles. The summed E-state index contributed by atoms with van der Waals surface area (Å²) >= 11 is 0. The van der Waals surface area contributed by atoms with Gasteiger partial charge in [-0.25, -0.2) is 27.8 Å². The van der Waals surface area contributed by atoms with Crippen molar-refractivity contribution in [2.45, 2.75) is 83.3 Å². The molecule has 3 heterocycles. The minimum Gasteiger partial charge on any atom is -0.380 e. The first kappa shape index (κ1) is 35.3. The van der Waals surface area contributed by atoms with Crippen molar-refractivity contribution in [1.82, 2.24) is 24.3 Å². The Morgan fingerprint density at radius 2 is 1.79 bits per heavy atom. The molecular formula is C32H36F6N6O3Si. The molecule has 0 saturated heterocycles. The van der Waals surface area contributed by atoms with Crippen molar-refractivity contribution in [3.05, 3.63) is 80.6 Å². The molecule has 1 aliphatic rings. The first-order valence-electron chi connectivity index (χ1n) is 15.6. The van der Waals surface area contributed by atoms with Gasteiger partial charge in [0.1, 0.15) is 18.1 Å². The van der Waals surface area contributed by atoms with Crippen LogP contribution >= 0.6 is 0 Å². The Kier molecular flexibility index (Phi) is 10.4. The Labute approximate surface area is 273 Å². The molecule has 0 bridgehead atoms. The van der Waals surface area contributed by atoms with Gasteiger partial charge in [-0.3, -0.25) is 9.59 Å². The molecule has 0 amide bonds. The lowest BCUT2D eigenvalue weighted by atomic mass is 9.85. The number of anilines is 1. The minimum atomic E-state index is -4.93. The van der Waals surface area contributed by atoms with Crippen molar-refractivity contribution >= 4 is 24.5 Å². The number of fused-ring (bicyclic) bond motifs is 1. The number of aromatic nitrogens is 5. The maximum atomic E-state index is 15.1. The molecular weight excluding hydrogens is 658 g/mol. The van der Waals surface area contributed by atoms with E-state index in [1.165, 1.54) is 10.6 Å². The fourth-order valence-corrected chi connectivity index (χ4v) is 6.55. The van der Waals surface area contributed by atoms with Crippen LogP contribution in [0.15, 0.2) is 52.6 Å². The number of rotatable bonds is 11. The van der Waals surface area contributed by atoms with Gasteiger partial charge in [0.2, 0.25) is 0 Å². The molecule has 0 unspecified atom stereocenters. The highest BCUT2D eigenvalue weighted by atomic mass is 28.3. The van der Waals surface area contributed by atoms with Crippen molar-refractivity contribution in [2.75, 3.05) is 11.9 Å². The predicted molar refractivity (Wildman–Crippen MR) is 171 cm³/mol. The summed E-state index contributed by atoms with van der Waals surface area (Å²) in [7, 11) is -1.43. The van der Waals surface area contributed by atoms with Gasteiger partial charge in [-0.15, -0.1) is 0 Å². The molecule has 1 aliphatic carbocycles. The summed E-state index contributed by atoms with van der Waals surface area (Å²) in [5.74, 6) is -0.992. The molecule has 16 heteroatoms. The largest absolute Gasteiger partial charge is 0.423 e. The zero-order chi connectivity index (χ0) is 34.8. The molecule has 0 radical (unpaired) electrons. The number of alkyl halides is 5. The maximum absolute atomic E-state index is 15.1. The fraction of sp³-hybridized carbons (Fsp3) is 0.469. The predicted octanol–water partition coefficient (Wildman–Crippen LogP) is 7.09. The Morgan fingerprint density at radius 3 is 2.46 bits per heavy atom. The van der Waals surface area contributed by atoms with E-state index in [2.05, 4.69) is 40.0 Å². The molecule has 4 aromatic rings. The number of hydrogen-bond donors (Lipinski definition) is 1. The third-order valence-corrected chi connectivity index (χ3v) is 10.1. The smallest absolute Gasteiger partial charge is 0.380 e. The summed E-state index contributed by atoms with van der Waals surface area (Å²) in [6, 6.07) is 4.44. The second kappa shape index (κ2) is 14.2. The fourth-order valence-electron chi connectivity index (χ4n) is 5.79. The van der Waals surface area contributed by atoms with Crippen molar-refractivity contribution < 1.29 is 31.1 Å². The standard InChI is InChI=1S/C32H36F6N6O3Si/c1-48(2,3)10-9-47-18-44-31(46)27(32(36,37)38)26(16-41-44)42-22-6-4-5-19(11-22)17-43-8-7-20-12-24(25(33)13-23(20)30(43)45)29-39-14-21(15-40-29)28(34)35/h7-8,12-16,19,22,28,42H,4-6,9-11,17-18H2,1-3H3/t19-,22+/m1/s1. The summed E-state index contributed by atoms with van der Waals surface area (Å²) in [4.78, 5) is 33.9. The van der Waals surface area contributed by atoms with E-state index in [0.29, 0.717) is 42.4 Å². The molecule has 2 atom stereocenters. The number of nitrogens with zero attached hydrogens (tertiary/aromatic N) is 5. The van der Waals surface area contributed by atoms with E-state index in [1.54, 1.807) is 12.3 Å². The van der Waals surface area contributed by atoms with E-state index in [4.69, 9.17) is 4.74 Å². The first-order chi connectivity index (χ1) is 22.6. The molecule has 9 nitrogen and oxygen atoms in total. The van der Waals surface area contributed by atoms with Gasteiger partial charge in [0.05, 0.1) is 28.4 Å². The summed E-state index contributed by atoms with van der Waals surface area (Å²) < 4.78 is 90.7. The Morgan fingerprint density at radius 1 is 1.06 bits per heavy atom. The second-order valence-corrected chi connectivity index (χ2v) is 18.9. The van der Waals surface area contributed by atoms with Gasteiger partial charge in [-0.05, 0) is 54.8 Å². The van der Waals surface area contributed by atoms with Gasteiger partial charge in [0, 0.05) is 45.9 Å². The molecule has 48 heavy (non-hydrogen) atoms. The van der Waals surface area contributed by atoms with Crippen LogP contribution in [-0.4, -0.2) is 45.0 Å². The third kappa shape index (κ3) is 8.32. The number of pyridine rings is 1. The highest BCUT2D eigenvalue weighted by Crippen LogP contribution is 2.34. The molecule has 0 spiro atoms. The zero-order valence-corrected chi connectivity index (χ0v) is 27.7. The molecule has 3 aromatic heterocycles. The number of nitrogens with one attached hydrogen (secondary N) is 1. The van der Waals surface area contributed by atoms with Gasteiger partial charge < -0.3 is 14.6 Å². The number of benzene rings is 1. The van der Waals surface area contributed by atoms with Gasteiger partial charge in [-0.1, -0.05) is 26.1 Å². The van der Waals surface area contributed by atoms with Crippen LogP contribution in [0.25, 0.3) is 22.2 Å². The topological polar surface area (TPSA) is 104 Å². The Hall–Kier alpha value is -4.05. The molecule has 5 rings (SSSR count). The first-order valence-corrected chi connectivity index (χ1v) is 19.3. The average molecular weight is 695 g/mol. The minimum absolute atomic E-state index is 0.0448. The normalized spacial score (nSPS) is 17.3. The lowest BCUT2D eigenvalue weighted by Gasteiger charge is -2.31. The van der Waals surface area contributed by atoms with Crippen LogP contribution in [0.5, 0.6) is 0 Å². The van der Waals surface area contributed by atoms with Crippen LogP contribution in [0, 0.1) is 11.7 Å². The summed E-state index contributed by atoms with van der Waals surface area (Å²) in [5.41, 5.74) is -3.93. The van der Waals surface area contributed by atoms with Crippen LogP contribution in [0.2, 0.25) is 25.7 Å². The van der Waals surface area contributed by atoms with Gasteiger partial charge in [0.15, 0.2) is 5.82 Å². The quantitative estimate of drug-likeness (QED) is 0.102. The van der Waals surface area contributed by atoms with Crippen molar-refractivity contribution in [2.24, 2.45) is 5.92 Å². The Bertz CT molecular complexity index is 1870. The average Bonchev–Trinajstić information content (AvgIpc) is 3.01. The van der Waals surface area contributed by atoms with Crippen molar-refractivity contribution in [1.29, 1.82) is 0 Å². The van der Waals surface area contributed by atoms with E-state index in [9.17, 15) is 31.5 Å². The van der Waals surface area contributed by atoms with E-state index in [1.807, 2.05) is 0 Å². The SMILES string of the molecule is C[Si](C)(C)CCOCn1ncc(N[C@H]2CCC[C@@H](Cn3ccc4cc(-c5ncc(C(F)F)cn5)c(F)cc4c3=O)C2)c(C(F)(F)F)c1=O. The Balaban J connectivity index is 1.30. The van der Waals surface area contributed by atoms with E-state index < -0.39 is 60.5 Å². The second-order valence-electron chi connectivity index (χ2n) is 13.3. The van der Waals surface area contributed by atoms with E-state index in [-0.39, 0.29) is 36.0 Å². The van der Waals surface area contributed by atoms with Crippen LogP contribution in [0.3, 0.4) is 0 Å². The highest BCUT2D eigenvalue weighted by molar-refractivity contribution is 6.76. The highest BCUT2D eigenvalue weighted by Gasteiger charge is 2.39.